The molecule has 0 bridgehead atoms. The van der Waals surface area contributed by atoms with Crippen molar-refractivity contribution in [2.75, 3.05) is 0 Å². The number of hydrogen-bond acceptors (Lipinski definition) is 2. The molecule has 8 aromatic rings. The molecule has 3 heteroatoms. The predicted molar refractivity (Wildman–Crippen MR) is 204 cm³/mol. The monoisotopic (exact) mass is 637 g/mol. The molecule has 0 N–H and O–H groups in total. The Labute approximate surface area is 283 Å². The Hall–Kier alpha value is -5.22. The van der Waals surface area contributed by atoms with Crippen molar-refractivity contribution in [2.24, 2.45) is 0 Å². The van der Waals surface area contributed by atoms with Gasteiger partial charge in [-0.15, -0.1) is 22.7 Å². The lowest BCUT2D eigenvalue weighted by Gasteiger charge is -2.13. The first-order chi connectivity index (χ1) is 23.3. The van der Waals surface area contributed by atoms with Crippen molar-refractivity contribution >= 4 is 39.7 Å². The van der Waals surface area contributed by atoms with Crippen molar-refractivity contribution in [3.63, 3.8) is 0 Å². The van der Waals surface area contributed by atoms with E-state index in [0.717, 1.165) is 12.8 Å². The van der Waals surface area contributed by atoms with Crippen LogP contribution in [-0.4, -0.2) is 4.57 Å². The van der Waals surface area contributed by atoms with Crippen LogP contribution >= 0.6 is 22.7 Å². The fourth-order valence-electron chi connectivity index (χ4n) is 6.80. The van der Waals surface area contributed by atoms with Gasteiger partial charge in [0.2, 0.25) is 0 Å². The number of fused-ring (bicyclic) bond motifs is 3. The van der Waals surface area contributed by atoms with Gasteiger partial charge in [-0.05, 0) is 94.8 Å². The van der Waals surface area contributed by atoms with Crippen LogP contribution in [-0.2, 0) is 6.42 Å². The van der Waals surface area contributed by atoms with Crippen molar-refractivity contribution in [1.82, 2.24) is 4.57 Å². The molecule has 1 nitrogen and oxygen atoms in total. The predicted octanol–water partition coefficient (Wildman–Crippen LogP) is 13.0. The molecule has 5 aromatic carbocycles. The summed E-state index contributed by atoms with van der Waals surface area (Å²) in [5.41, 5.74) is 12.8. The molecule has 0 amide bonds. The van der Waals surface area contributed by atoms with E-state index in [2.05, 4.69) is 168 Å². The summed E-state index contributed by atoms with van der Waals surface area (Å²) in [5, 5.41) is 1.32. The van der Waals surface area contributed by atoms with Crippen LogP contribution in [0.15, 0.2) is 158 Å². The minimum Gasteiger partial charge on any atom is -0.313 e. The third-order valence-electron chi connectivity index (χ3n) is 9.18. The molecule has 3 aromatic heterocycles. The van der Waals surface area contributed by atoms with Gasteiger partial charge in [0.25, 0.3) is 0 Å². The highest BCUT2D eigenvalue weighted by atomic mass is 32.1. The molecule has 1 aliphatic carbocycles. The first-order valence-electron chi connectivity index (χ1n) is 16.1. The van der Waals surface area contributed by atoms with E-state index < -0.39 is 0 Å². The summed E-state index contributed by atoms with van der Waals surface area (Å²) < 4.78 is 2.48. The minimum absolute atomic E-state index is 1.05. The van der Waals surface area contributed by atoms with E-state index in [1.807, 2.05) is 22.7 Å². The van der Waals surface area contributed by atoms with Crippen LogP contribution in [0.4, 0.5) is 0 Å². The number of hydrogen-bond donors (Lipinski definition) is 0. The maximum Gasteiger partial charge on any atom is 0.0538 e. The van der Waals surface area contributed by atoms with Gasteiger partial charge in [-0.3, -0.25) is 0 Å². The molecule has 0 fully saturated rings. The molecule has 0 unspecified atom stereocenters. The van der Waals surface area contributed by atoms with Crippen LogP contribution in [0.25, 0.3) is 75.6 Å². The molecule has 47 heavy (non-hydrogen) atoms. The molecule has 9 rings (SSSR count). The van der Waals surface area contributed by atoms with E-state index >= 15 is 0 Å². The second kappa shape index (κ2) is 11.9. The van der Waals surface area contributed by atoms with Crippen LogP contribution < -0.4 is 0 Å². The average molecular weight is 638 g/mol. The zero-order chi connectivity index (χ0) is 31.2. The summed E-state index contributed by atoms with van der Waals surface area (Å²) in [5.74, 6) is 0. The van der Waals surface area contributed by atoms with Gasteiger partial charge < -0.3 is 4.57 Å². The van der Waals surface area contributed by atoms with Crippen LogP contribution in [0.5, 0.6) is 0 Å². The van der Waals surface area contributed by atoms with Crippen LogP contribution in [0.2, 0.25) is 0 Å². The lowest BCUT2D eigenvalue weighted by atomic mass is 9.98. The average Bonchev–Trinajstić information content (AvgIpc) is 3.91. The Balaban J connectivity index is 1.03. The van der Waals surface area contributed by atoms with Gasteiger partial charge in [-0.25, -0.2) is 0 Å². The van der Waals surface area contributed by atoms with Gasteiger partial charge >= 0.3 is 0 Å². The minimum atomic E-state index is 1.05. The van der Waals surface area contributed by atoms with E-state index in [0.29, 0.717) is 0 Å². The number of benzene rings is 5. The number of rotatable bonds is 6. The van der Waals surface area contributed by atoms with Gasteiger partial charge in [-0.2, -0.15) is 0 Å². The topological polar surface area (TPSA) is 4.93 Å². The third kappa shape index (κ3) is 5.18. The Bertz CT molecular complexity index is 2370. The smallest absolute Gasteiger partial charge is 0.0538 e. The molecule has 0 radical (unpaired) electrons. The van der Waals surface area contributed by atoms with Crippen LogP contribution in [0.3, 0.4) is 0 Å². The lowest BCUT2D eigenvalue weighted by molar-refractivity contribution is 0.888. The molecule has 224 valence electrons. The molecule has 3 heterocycles. The Morgan fingerprint density at radius 2 is 0.936 bits per heavy atom. The fraction of sp³-hybridized carbons (Fsp3) is 0.0455. The van der Waals surface area contributed by atoms with Gasteiger partial charge in [0.15, 0.2) is 0 Å². The van der Waals surface area contributed by atoms with E-state index in [9.17, 15) is 0 Å². The van der Waals surface area contributed by atoms with Crippen molar-refractivity contribution in [3.05, 3.63) is 169 Å². The number of aromatic nitrogens is 1. The highest BCUT2D eigenvalue weighted by molar-refractivity contribution is 7.19. The molecule has 0 aliphatic heterocycles. The zero-order valence-electron chi connectivity index (χ0n) is 25.8. The number of allylic oxidation sites excluding steroid dienone is 1. The van der Waals surface area contributed by atoms with Gasteiger partial charge in [0.1, 0.15) is 0 Å². The third-order valence-corrected chi connectivity index (χ3v) is 11.5. The molecule has 0 saturated carbocycles. The van der Waals surface area contributed by atoms with E-state index in [4.69, 9.17) is 0 Å². The van der Waals surface area contributed by atoms with Crippen molar-refractivity contribution < 1.29 is 0 Å². The summed E-state index contributed by atoms with van der Waals surface area (Å²) in [6.07, 6.45) is 6.77. The SMILES string of the molecule is C1=Cc2c(n(-c3ccc(-c4ccc(-c5ccccc5)s4)cc3)c3ccc(-c4ccc(-c5ccc(-c6ccccc6)s5)cc4)cc23)CC1. The molecule has 1 aliphatic rings. The zero-order valence-corrected chi connectivity index (χ0v) is 27.4. The van der Waals surface area contributed by atoms with Crippen molar-refractivity contribution in [1.29, 1.82) is 0 Å². The van der Waals surface area contributed by atoms with E-state index in [1.54, 1.807) is 0 Å². The second-order valence-electron chi connectivity index (χ2n) is 12.1. The number of thiophene rings is 2. The Kier molecular flexibility index (Phi) is 7.07. The summed E-state index contributed by atoms with van der Waals surface area (Å²) in [4.78, 5) is 5.19. The maximum absolute atomic E-state index is 2.48. The lowest BCUT2D eigenvalue weighted by Crippen LogP contribution is -2.02. The number of nitrogens with zero attached hydrogens (tertiary/aromatic N) is 1. The molecular formula is C44H31NS2. The summed E-state index contributed by atoms with van der Waals surface area (Å²) in [6, 6.07) is 55.4. The Morgan fingerprint density at radius 1 is 0.447 bits per heavy atom. The van der Waals surface area contributed by atoms with Gasteiger partial charge in [0.05, 0.1) is 5.52 Å². The normalized spacial score (nSPS) is 12.4. The highest BCUT2D eigenvalue weighted by Crippen LogP contribution is 2.39. The molecular weight excluding hydrogens is 607 g/mol. The quantitative estimate of drug-likeness (QED) is 0.171. The van der Waals surface area contributed by atoms with E-state index in [-0.39, 0.29) is 0 Å². The largest absolute Gasteiger partial charge is 0.313 e. The molecule has 0 saturated heterocycles. The van der Waals surface area contributed by atoms with Crippen LogP contribution in [0.1, 0.15) is 17.7 Å². The highest BCUT2D eigenvalue weighted by Gasteiger charge is 2.19. The van der Waals surface area contributed by atoms with E-state index in [1.165, 1.54) is 80.7 Å². The second-order valence-corrected chi connectivity index (χ2v) is 14.2. The van der Waals surface area contributed by atoms with Gasteiger partial charge in [-0.1, -0.05) is 115 Å². The van der Waals surface area contributed by atoms with Crippen molar-refractivity contribution in [3.8, 4) is 58.6 Å². The summed E-state index contributed by atoms with van der Waals surface area (Å²) in [7, 11) is 0. The standard InChI is InChI=1S/C44H31NS2/c1-3-9-31(10-4-1)41-25-27-43(46-41)33-17-15-30(16-18-33)35-21-24-40-38(29-35)37-13-7-8-14-39(37)45(40)36-22-19-34(20-23-36)44-28-26-42(47-44)32-11-5-2-6-12-32/h1-7,9-13,15-29H,8,14H2. The molecule has 0 atom stereocenters. The van der Waals surface area contributed by atoms with Crippen LogP contribution in [0, 0.1) is 0 Å². The van der Waals surface area contributed by atoms with Crippen molar-refractivity contribution in [2.45, 2.75) is 12.8 Å². The first kappa shape index (κ1) is 28.0. The summed E-state index contributed by atoms with van der Waals surface area (Å²) >= 11 is 3.70. The molecule has 0 spiro atoms. The maximum atomic E-state index is 2.48. The summed E-state index contributed by atoms with van der Waals surface area (Å²) in [6.45, 7) is 0. The first-order valence-corrected chi connectivity index (χ1v) is 17.8. The van der Waals surface area contributed by atoms with Gasteiger partial charge in [0, 0.05) is 41.8 Å². The Morgan fingerprint density at radius 3 is 1.51 bits per heavy atom. The fourth-order valence-corrected chi connectivity index (χ4v) is 8.83.